The van der Waals surface area contributed by atoms with E-state index in [0.717, 1.165) is 5.56 Å². The molecule has 0 saturated heterocycles. The number of ether oxygens (including phenoxy) is 5. The number of allylic oxidation sites excluding steroid dienone is 1. The lowest BCUT2D eigenvalue weighted by atomic mass is 9.95. The van der Waals surface area contributed by atoms with Crippen LogP contribution in [0.4, 0.5) is 0 Å². The number of aromatic nitrogens is 1. The van der Waals surface area contributed by atoms with Gasteiger partial charge in [-0.15, -0.1) is 0 Å². The first-order valence-corrected chi connectivity index (χ1v) is 16.7. The zero-order valence-corrected chi connectivity index (χ0v) is 29.7. The maximum atomic E-state index is 14.2. The number of carbonyl (C=O) groups is 1. The number of hydrogen-bond donors (Lipinski definition) is 0. The molecular formula is C36H34BrN3O7S. The molecule has 1 aromatic heterocycles. The quantitative estimate of drug-likeness (QED) is 0.177. The minimum absolute atomic E-state index is 0.0841. The van der Waals surface area contributed by atoms with Crippen molar-refractivity contribution in [3.63, 3.8) is 0 Å². The number of benzene rings is 3. The van der Waals surface area contributed by atoms with Crippen LogP contribution in [-0.2, 0) is 16.1 Å². The van der Waals surface area contributed by atoms with Crippen LogP contribution in [-0.4, -0.2) is 37.5 Å². The van der Waals surface area contributed by atoms with Crippen molar-refractivity contribution in [2.45, 2.75) is 46.4 Å². The summed E-state index contributed by atoms with van der Waals surface area (Å²) in [4.78, 5) is 32.6. The van der Waals surface area contributed by atoms with Gasteiger partial charge in [-0.1, -0.05) is 35.6 Å². The van der Waals surface area contributed by atoms with Crippen LogP contribution in [0.2, 0.25) is 0 Å². The van der Waals surface area contributed by atoms with Crippen LogP contribution in [0.5, 0.6) is 23.0 Å². The van der Waals surface area contributed by atoms with Gasteiger partial charge in [0.2, 0.25) is 0 Å². The van der Waals surface area contributed by atoms with Gasteiger partial charge in [-0.3, -0.25) is 9.36 Å². The average molecular weight is 733 g/mol. The van der Waals surface area contributed by atoms with E-state index in [1.54, 1.807) is 57.4 Å². The number of nitrogens with zero attached hydrogens (tertiary/aromatic N) is 3. The van der Waals surface area contributed by atoms with Gasteiger partial charge in [-0.05, 0) is 91.2 Å². The number of methoxy groups -OCH3 is 2. The second-order valence-corrected chi connectivity index (χ2v) is 12.8. The lowest BCUT2D eigenvalue weighted by molar-refractivity contribution is -0.139. The van der Waals surface area contributed by atoms with Crippen LogP contribution in [0.1, 0.15) is 56.0 Å². The standard InChI is InChI=1S/C36H34BrN3O7S/c1-7-45-35(42)31-21(4)39-36-40(32(31)23-12-13-27(47-20(2)3)28(17-23)43-5)34(41)30(48-36)16-22-14-26(37)33(29(15-22)44-6)46-19-25-11-9-8-10-24(25)18-38/h8-17,20,32H,7,19H2,1-6H3/b30-16-/t32-/m0/s1. The van der Waals surface area contributed by atoms with E-state index in [9.17, 15) is 14.9 Å². The predicted octanol–water partition coefficient (Wildman–Crippen LogP) is 5.82. The second kappa shape index (κ2) is 14.9. The molecule has 0 bridgehead atoms. The highest BCUT2D eigenvalue weighted by molar-refractivity contribution is 9.10. The van der Waals surface area contributed by atoms with Gasteiger partial charge in [-0.25, -0.2) is 9.79 Å². The number of rotatable bonds is 11. The first-order valence-electron chi connectivity index (χ1n) is 15.1. The minimum atomic E-state index is -0.821. The number of nitriles is 1. The summed E-state index contributed by atoms with van der Waals surface area (Å²) in [5.41, 5.74) is 2.96. The third-order valence-corrected chi connectivity index (χ3v) is 9.01. The summed E-state index contributed by atoms with van der Waals surface area (Å²) >= 11 is 4.80. The topological polar surface area (TPSA) is 121 Å². The van der Waals surface area contributed by atoms with E-state index in [0.29, 0.717) is 59.2 Å². The highest BCUT2D eigenvalue weighted by Gasteiger charge is 2.34. The number of fused-ring (bicyclic) bond motifs is 1. The van der Waals surface area contributed by atoms with Crippen LogP contribution in [0.25, 0.3) is 6.08 Å². The third kappa shape index (κ3) is 7.02. The van der Waals surface area contributed by atoms with Gasteiger partial charge in [0.05, 0.1) is 64.9 Å². The van der Waals surface area contributed by atoms with Crippen molar-refractivity contribution in [1.82, 2.24) is 4.57 Å². The first kappa shape index (κ1) is 34.5. The Bertz CT molecular complexity index is 2130. The van der Waals surface area contributed by atoms with Gasteiger partial charge in [0, 0.05) is 5.56 Å². The van der Waals surface area contributed by atoms with E-state index in [-0.39, 0.29) is 30.5 Å². The van der Waals surface area contributed by atoms with E-state index < -0.39 is 12.0 Å². The SMILES string of the molecule is CCOC(=O)C1=C(C)N=c2s/c(=C\c3cc(Br)c(OCc4ccccc4C#N)c(OC)c3)c(=O)n2[C@H]1c1ccc(OC(C)C)c(OC)c1. The molecule has 0 fully saturated rings. The van der Waals surface area contributed by atoms with Gasteiger partial charge in [0.25, 0.3) is 5.56 Å². The molecule has 0 saturated carbocycles. The summed E-state index contributed by atoms with van der Waals surface area (Å²) in [6, 6.07) is 17.5. The fourth-order valence-electron chi connectivity index (χ4n) is 5.33. The molecule has 1 atom stereocenters. The molecule has 0 radical (unpaired) electrons. The zero-order chi connectivity index (χ0) is 34.5. The smallest absolute Gasteiger partial charge is 0.338 e. The van der Waals surface area contributed by atoms with E-state index in [1.807, 2.05) is 38.1 Å². The zero-order valence-electron chi connectivity index (χ0n) is 27.3. The van der Waals surface area contributed by atoms with Gasteiger partial charge in [0.1, 0.15) is 6.61 Å². The Morgan fingerprint density at radius 1 is 1.10 bits per heavy atom. The molecule has 2 heterocycles. The summed E-state index contributed by atoms with van der Waals surface area (Å²) in [6.07, 6.45) is 1.66. The highest BCUT2D eigenvalue weighted by Crippen LogP contribution is 2.38. The van der Waals surface area contributed by atoms with Gasteiger partial charge in [-0.2, -0.15) is 5.26 Å². The molecule has 0 N–H and O–H groups in total. The van der Waals surface area contributed by atoms with Crippen molar-refractivity contribution in [2.24, 2.45) is 4.99 Å². The van der Waals surface area contributed by atoms with Crippen LogP contribution >= 0.6 is 27.3 Å². The van der Waals surface area contributed by atoms with Crippen molar-refractivity contribution in [3.8, 4) is 29.1 Å². The Morgan fingerprint density at radius 2 is 1.85 bits per heavy atom. The van der Waals surface area contributed by atoms with E-state index in [1.165, 1.54) is 23.0 Å². The Labute approximate surface area is 290 Å². The lowest BCUT2D eigenvalue weighted by Gasteiger charge is -2.25. The van der Waals surface area contributed by atoms with Crippen molar-refractivity contribution in [1.29, 1.82) is 5.26 Å². The third-order valence-electron chi connectivity index (χ3n) is 7.44. The normalized spacial score (nSPS) is 14.2. The molecule has 1 aliphatic rings. The number of hydrogen-bond acceptors (Lipinski definition) is 10. The fraction of sp³-hybridized carbons (Fsp3) is 0.278. The van der Waals surface area contributed by atoms with Crippen LogP contribution in [0.15, 0.2) is 80.1 Å². The molecule has 5 rings (SSSR count). The molecule has 10 nitrogen and oxygen atoms in total. The molecule has 4 aromatic rings. The van der Waals surface area contributed by atoms with E-state index in [2.05, 4.69) is 27.0 Å². The van der Waals surface area contributed by atoms with Crippen LogP contribution in [0.3, 0.4) is 0 Å². The van der Waals surface area contributed by atoms with Crippen LogP contribution < -0.4 is 33.8 Å². The maximum Gasteiger partial charge on any atom is 0.338 e. The second-order valence-electron chi connectivity index (χ2n) is 11.0. The van der Waals surface area contributed by atoms with Crippen molar-refractivity contribution < 1.29 is 28.5 Å². The van der Waals surface area contributed by atoms with Crippen LogP contribution in [0, 0.1) is 11.3 Å². The molecular weight excluding hydrogens is 698 g/mol. The Kier molecular flexibility index (Phi) is 10.7. The lowest BCUT2D eigenvalue weighted by Crippen LogP contribution is -2.40. The fourth-order valence-corrected chi connectivity index (χ4v) is 6.95. The maximum absolute atomic E-state index is 14.2. The summed E-state index contributed by atoms with van der Waals surface area (Å²) in [5.74, 6) is 1.35. The Balaban J connectivity index is 1.60. The minimum Gasteiger partial charge on any atom is -0.493 e. The summed E-state index contributed by atoms with van der Waals surface area (Å²) in [5, 5.41) is 9.44. The van der Waals surface area contributed by atoms with Gasteiger partial charge < -0.3 is 23.7 Å². The largest absolute Gasteiger partial charge is 0.493 e. The molecule has 0 aliphatic carbocycles. The molecule has 3 aromatic carbocycles. The predicted molar refractivity (Wildman–Crippen MR) is 185 cm³/mol. The van der Waals surface area contributed by atoms with E-state index in [4.69, 9.17) is 23.7 Å². The molecule has 0 amide bonds. The Morgan fingerprint density at radius 3 is 2.54 bits per heavy atom. The van der Waals surface area contributed by atoms with Crippen molar-refractivity contribution >= 4 is 39.3 Å². The molecule has 0 unspecified atom stereocenters. The average Bonchev–Trinajstić information content (AvgIpc) is 3.36. The number of halogens is 1. The van der Waals surface area contributed by atoms with Crippen molar-refractivity contribution in [3.05, 3.63) is 112 Å². The van der Waals surface area contributed by atoms with Crippen molar-refractivity contribution in [2.75, 3.05) is 20.8 Å². The molecule has 0 spiro atoms. The summed E-state index contributed by atoms with van der Waals surface area (Å²) < 4.78 is 31.2. The first-order chi connectivity index (χ1) is 23.1. The Hall–Kier alpha value is -4.86. The highest BCUT2D eigenvalue weighted by atomic mass is 79.9. The monoisotopic (exact) mass is 731 g/mol. The number of esters is 1. The molecule has 248 valence electrons. The molecule has 1 aliphatic heterocycles. The van der Waals surface area contributed by atoms with Gasteiger partial charge in [0.15, 0.2) is 27.8 Å². The van der Waals surface area contributed by atoms with Gasteiger partial charge >= 0.3 is 5.97 Å². The molecule has 12 heteroatoms. The molecule has 48 heavy (non-hydrogen) atoms. The number of thiazole rings is 1. The van der Waals surface area contributed by atoms with E-state index >= 15 is 0 Å². The number of carbonyl (C=O) groups excluding carboxylic acids is 1. The summed E-state index contributed by atoms with van der Waals surface area (Å²) in [6.45, 7) is 7.63. The summed E-state index contributed by atoms with van der Waals surface area (Å²) in [7, 11) is 3.07.